The van der Waals surface area contributed by atoms with Crippen LogP contribution in [0.1, 0.15) is 271 Å². The molecular formula is C66H118NO8P. The van der Waals surface area contributed by atoms with E-state index >= 15 is 0 Å². The molecule has 0 aliphatic carbocycles. The van der Waals surface area contributed by atoms with E-state index in [2.05, 4.69) is 98.9 Å². The van der Waals surface area contributed by atoms with E-state index in [-0.39, 0.29) is 32.0 Å². The van der Waals surface area contributed by atoms with Crippen molar-refractivity contribution in [3.05, 3.63) is 85.1 Å². The van der Waals surface area contributed by atoms with Crippen molar-refractivity contribution in [2.24, 2.45) is 0 Å². The van der Waals surface area contributed by atoms with Gasteiger partial charge in [-0.15, -0.1) is 0 Å². The summed E-state index contributed by atoms with van der Waals surface area (Å²) in [4.78, 5) is 37.9. The zero-order valence-electron chi connectivity index (χ0n) is 49.9. The Kier molecular flexibility index (Phi) is 54.8. The number of carbonyl (C=O) groups is 2. The van der Waals surface area contributed by atoms with Gasteiger partial charge in [-0.1, -0.05) is 253 Å². The predicted octanol–water partition coefficient (Wildman–Crippen LogP) is 19.2. The van der Waals surface area contributed by atoms with Crippen molar-refractivity contribution < 1.29 is 42.1 Å². The third kappa shape index (κ3) is 60.4. The van der Waals surface area contributed by atoms with Crippen LogP contribution in [0.2, 0.25) is 0 Å². The Balaban J connectivity index is 4.06. The number of rotatable bonds is 57. The molecule has 9 nitrogen and oxygen atoms in total. The molecule has 2 atom stereocenters. The van der Waals surface area contributed by atoms with Crippen LogP contribution < -0.4 is 4.89 Å². The summed E-state index contributed by atoms with van der Waals surface area (Å²) < 4.78 is 34.2. The van der Waals surface area contributed by atoms with Gasteiger partial charge in [0.05, 0.1) is 27.7 Å². The van der Waals surface area contributed by atoms with Gasteiger partial charge < -0.3 is 27.9 Å². The zero-order chi connectivity index (χ0) is 55.6. The minimum Gasteiger partial charge on any atom is -0.756 e. The van der Waals surface area contributed by atoms with Crippen molar-refractivity contribution in [1.29, 1.82) is 0 Å². The topological polar surface area (TPSA) is 111 Å². The highest BCUT2D eigenvalue weighted by molar-refractivity contribution is 7.45. The van der Waals surface area contributed by atoms with Crippen LogP contribution in [0.4, 0.5) is 0 Å². The quantitative estimate of drug-likeness (QED) is 0.0195. The van der Waals surface area contributed by atoms with E-state index in [4.69, 9.17) is 18.5 Å². The highest BCUT2D eigenvalue weighted by atomic mass is 31.2. The molecule has 0 saturated heterocycles. The smallest absolute Gasteiger partial charge is 0.306 e. The highest BCUT2D eigenvalue weighted by Gasteiger charge is 2.22. The molecule has 0 N–H and O–H groups in total. The first-order valence-corrected chi connectivity index (χ1v) is 32.8. The molecule has 0 aliphatic rings. The number of likely N-dealkylation sites (N-methyl/N-ethyl adjacent to an activating group) is 1. The largest absolute Gasteiger partial charge is 0.756 e. The van der Waals surface area contributed by atoms with Crippen molar-refractivity contribution in [3.63, 3.8) is 0 Å². The van der Waals surface area contributed by atoms with E-state index in [0.717, 1.165) is 89.9 Å². The van der Waals surface area contributed by atoms with Gasteiger partial charge in [-0.3, -0.25) is 14.2 Å². The van der Waals surface area contributed by atoms with Gasteiger partial charge in [0.25, 0.3) is 7.82 Å². The van der Waals surface area contributed by atoms with E-state index in [9.17, 15) is 19.0 Å². The summed E-state index contributed by atoms with van der Waals surface area (Å²) in [5.41, 5.74) is 0. The molecule has 0 fully saturated rings. The molecule has 0 amide bonds. The maximum Gasteiger partial charge on any atom is 0.306 e. The van der Waals surface area contributed by atoms with Crippen molar-refractivity contribution in [2.75, 3.05) is 47.5 Å². The second kappa shape index (κ2) is 56.9. The molecule has 0 heterocycles. The number of ether oxygens (including phenoxy) is 2. The Hall–Kier alpha value is -2.81. The third-order valence-electron chi connectivity index (χ3n) is 13.4. The fraction of sp³-hybridized carbons (Fsp3) is 0.758. The van der Waals surface area contributed by atoms with Crippen LogP contribution in [-0.2, 0) is 32.7 Å². The second-order valence-corrected chi connectivity index (χ2v) is 23.4. The average molecular weight is 1080 g/mol. The summed E-state index contributed by atoms with van der Waals surface area (Å²) in [5, 5.41) is 0. The van der Waals surface area contributed by atoms with Crippen molar-refractivity contribution >= 4 is 19.8 Å². The summed E-state index contributed by atoms with van der Waals surface area (Å²) in [6, 6.07) is 0. The summed E-state index contributed by atoms with van der Waals surface area (Å²) in [7, 11) is 1.16. The number of esters is 2. The first-order chi connectivity index (χ1) is 37.0. The number of quaternary nitrogens is 1. The summed E-state index contributed by atoms with van der Waals surface area (Å²) in [6.45, 7) is 4.12. The number of nitrogens with zero attached hydrogens (tertiary/aromatic N) is 1. The summed E-state index contributed by atoms with van der Waals surface area (Å²) in [6.07, 6.45) is 76.4. The van der Waals surface area contributed by atoms with Crippen LogP contribution in [0, 0.1) is 0 Å². The van der Waals surface area contributed by atoms with Gasteiger partial charge in [-0.2, -0.15) is 0 Å². The van der Waals surface area contributed by atoms with Crippen molar-refractivity contribution in [2.45, 2.75) is 277 Å². The number of allylic oxidation sites excluding steroid dienone is 14. The molecule has 0 saturated carbocycles. The lowest BCUT2D eigenvalue weighted by Crippen LogP contribution is -2.37. The SMILES string of the molecule is CC/C=C\C/C=C\C/C=C\C/C=C\C/C=C\CCCCCCCCCCCCCCCCCCCC(=O)OC(COC(=O)CCCCCCCCCCC/C=C\C/C=C\CCCCC)COP(=O)([O-])OCC[N+](C)(C)C. The van der Waals surface area contributed by atoms with Gasteiger partial charge in [0, 0.05) is 12.8 Å². The molecule has 0 spiro atoms. The van der Waals surface area contributed by atoms with Crippen molar-refractivity contribution in [1.82, 2.24) is 0 Å². The molecule has 0 aliphatic heterocycles. The molecular weight excluding hydrogens is 966 g/mol. The molecule has 76 heavy (non-hydrogen) atoms. The van der Waals surface area contributed by atoms with Gasteiger partial charge in [-0.25, -0.2) is 0 Å². The third-order valence-corrected chi connectivity index (χ3v) is 14.4. The molecule has 0 rings (SSSR count). The zero-order valence-corrected chi connectivity index (χ0v) is 50.8. The molecule has 10 heteroatoms. The number of phosphoric acid groups is 1. The minimum atomic E-state index is -4.64. The Morgan fingerprint density at radius 2 is 0.750 bits per heavy atom. The fourth-order valence-electron chi connectivity index (χ4n) is 8.60. The van der Waals surface area contributed by atoms with Gasteiger partial charge in [0.15, 0.2) is 6.10 Å². The Labute approximate surface area is 469 Å². The maximum absolute atomic E-state index is 12.8. The van der Waals surface area contributed by atoms with Crippen LogP contribution in [0.25, 0.3) is 0 Å². The number of unbranched alkanes of at least 4 members (excludes halogenated alkanes) is 29. The maximum atomic E-state index is 12.8. The monoisotopic (exact) mass is 1080 g/mol. The van der Waals surface area contributed by atoms with E-state index in [0.29, 0.717) is 17.4 Å². The number of carbonyl (C=O) groups excluding carboxylic acids is 2. The van der Waals surface area contributed by atoms with Crippen LogP contribution in [0.15, 0.2) is 85.1 Å². The summed E-state index contributed by atoms with van der Waals surface area (Å²) in [5.74, 6) is -0.832. The van der Waals surface area contributed by atoms with Gasteiger partial charge in [0.2, 0.25) is 0 Å². The average Bonchev–Trinajstić information content (AvgIpc) is 3.38. The Morgan fingerprint density at radius 3 is 1.12 bits per heavy atom. The lowest BCUT2D eigenvalue weighted by Gasteiger charge is -2.28. The second-order valence-electron chi connectivity index (χ2n) is 22.0. The van der Waals surface area contributed by atoms with Gasteiger partial charge in [0.1, 0.15) is 19.8 Å². The lowest BCUT2D eigenvalue weighted by molar-refractivity contribution is -0.870. The Morgan fingerprint density at radius 1 is 0.421 bits per heavy atom. The van der Waals surface area contributed by atoms with E-state index in [1.807, 2.05) is 21.1 Å². The number of hydrogen-bond acceptors (Lipinski definition) is 8. The number of phosphoric ester groups is 1. The molecule has 0 bridgehead atoms. The van der Waals surface area contributed by atoms with Crippen LogP contribution in [0.3, 0.4) is 0 Å². The van der Waals surface area contributed by atoms with Gasteiger partial charge >= 0.3 is 11.9 Å². The van der Waals surface area contributed by atoms with Crippen molar-refractivity contribution in [3.8, 4) is 0 Å². The first kappa shape index (κ1) is 73.2. The molecule has 0 aromatic heterocycles. The van der Waals surface area contributed by atoms with Gasteiger partial charge in [-0.05, 0) is 89.9 Å². The fourth-order valence-corrected chi connectivity index (χ4v) is 9.33. The Bertz CT molecular complexity index is 1560. The predicted molar refractivity (Wildman–Crippen MR) is 323 cm³/mol. The van der Waals surface area contributed by atoms with E-state index in [1.165, 1.54) is 148 Å². The van der Waals surface area contributed by atoms with Crippen LogP contribution >= 0.6 is 7.82 Å². The normalized spacial score (nSPS) is 13.8. The molecule has 0 radical (unpaired) electrons. The molecule has 2 unspecified atom stereocenters. The summed E-state index contributed by atoms with van der Waals surface area (Å²) >= 11 is 0. The van der Waals surface area contributed by atoms with Crippen LogP contribution in [-0.4, -0.2) is 70.0 Å². The lowest BCUT2D eigenvalue weighted by atomic mass is 10.0. The molecule has 0 aromatic carbocycles. The van der Waals surface area contributed by atoms with E-state index < -0.39 is 26.5 Å². The van der Waals surface area contributed by atoms with Crippen LogP contribution in [0.5, 0.6) is 0 Å². The standard InChI is InChI=1S/C66H118NO8P/c1-6-8-10-12-14-16-18-20-22-24-26-27-28-29-30-31-32-33-34-35-36-37-38-39-41-43-45-47-49-51-53-55-57-59-66(69)75-64(63-74-76(70,71)73-61-60-67(3,4)5)62-72-65(68)58-56-54-52-50-48-46-44-42-40-25-23-21-19-17-15-13-11-9-7-2/h8,10,14-17,20-23,26-27,29-30,64H,6-7,9,11-13,18-19,24-25,28,31-63H2,1-5H3/b10-8-,16-14-,17-15-,22-20-,23-21-,27-26-,30-29-. The van der Waals surface area contributed by atoms with E-state index in [1.54, 1.807) is 0 Å². The first-order valence-electron chi connectivity index (χ1n) is 31.3. The minimum absolute atomic E-state index is 0.0332. The molecule has 0 aromatic rings. The highest BCUT2D eigenvalue weighted by Crippen LogP contribution is 2.38. The molecule has 440 valence electrons. The number of hydrogen-bond donors (Lipinski definition) is 0.